The van der Waals surface area contributed by atoms with E-state index in [9.17, 15) is 0 Å². The molecule has 0 radical (unpaired) electrons. The Morgan fingerprint density at radius 3 is 2.90 bits per heavy atom. The average molecular weight is 288 g/mol. The summed E-state index contributed by atoms with van der Waals surface area (Å²) in [6.07, 6.45) is 2.03. The zero-order chi connectivity index (χ0) is 14.8. The molecule has 0 N–H and O–H groups in total. The molecule has 0 bridgehead atoms. The van der Waals surface area contributed by atoms with Crippen LogP contribution >= 0.6 is 0 Å². The zero-order valence-electron chi connectivity index (χ0n) is 12.1. The minimum absolute atomic E-state index is 0.187. The summed E-state index contributed by atoms with van der Waals surface area (Å²) >= 11 is 0. The third kappa shape index (κ3) is 2.62. The fourth-order valence-corrected chi connectivity index (χ4v) is 2.10. The van der Waals surface area contributed by atoms with Gasteiger partial charge in [0.05, 0.1) is 19.8 Å². The number of fused-ring (bicyclic) bond motifs is 1. The molecule has 0 unspecified atom stereocenters. The summed E-state index contributed by atoms with van der Waals surface area (Å²) in [5.41, 5.74) is 1.77. The van der Waals surface area contributed by atoms with E-state index in [0.29, 0.717) is 18.1 Å². The molecule has 0 saturated carbocycles. The molecule has 0 aliphatic carbocycles. The molecule has 3 rings (SSSR count). The number of ether oxygens (including phenoxy) is 2. The van der Waals surface area contributed by atoms with E-state index in [1.807, 2.05) is 25.1 Å². The van der Waals surface area contributed by atoms with Crippen molar-refractivity contribution >= 4 is 11.0 Å². The number of methoxy groups -OCH3 is 2. The van der Waals surface area contributed by atoms with Crippen molar-refractivity contribution in [2.75, 3.05) is 14.2 Å². The Kier molecular flexibility index (Phi) is 3.62. The maximum atomic E-state index is 5.54. The molecule has 0 amide bonds. The maximum Gasteiger partial charge on any atom is 0.231 e. The Morgan fingerprint density at radius 2 is 2.14 bits per heavy atom. The van der Waals surface area contributed by atoms with Crippen LogP contribution in [0.3, 0.4) is 0 Å². The standard InChI is InChI=1S/C15H16N2O4/c1-9(18-2)15-16-14(21-17-15)6-10-8-20-13-7-11(19-3)4-5-12(10)13/h4-5,7-9H,6H2,1-3H3/t9-/m1/s1. The summed E-state index contributed by atoms with van der Waals surface area (Å²) in [6.45, 7) is 1.87. The lowest BCUT2D eigenvalue weighted by Crippen LogP contribution is -1.98. The predicted octanol–water partition coefficient (Wildman–Crippen LogP) is 3.12. The third-order valence-electron chi connectivity index (χ3n) is 3.41. The smallest absolute Gasteiger partial charge is 0.231 e. The molecule has 0 fully saturated rings. The van der Waals surface area contributed by atoms with E-state index in [2.05, 4.69) is 10.1 Å². The van der Waals surface area contributed by atoms with Gasteiger partial charge in [0.1, 0.15) is 17.4 Å². The summed E-state index contributed by atoms with van der Waals surface area (Å²) in [7, 11) is 3.24. The fraction of sp³-hybridized carbons (Fsp3) is 0.333. The summed E-state index contributed by atoms with van der Waals surface area (Å²) in [5.74, 6) is 1.84. The van der Waals surface area contributed by atoms with Crippen molar-refractivity contribution < 1.29 is 18.4 Å². The van der Waals surface area contributed by atoms with E-state index >= 15 is 0 Å². The number of benzene rings is 1. The van der Waals surface area contributed by atoms with Crippen molar-refractivity contribution in [3.05, 3.63) is 41.7 Å². The maximum absolute atomic E-state index is 5.54. The fourth-order valence-electron chi connectivity index (χ4n) is 2.10. The van der Waals surface area contributed by atoms with Gasteiger partial charge in [0.15, 0.2) is 5.82 Å². The first-order valence-electron chi connectivity index (χ1n) is 6.60. The molecule has 2 heterocycles. The molecule has 3 aromatic rings. The molecule has 0 aliphatic rings. The quantitative estimate of drug-likeness (QED) is 0.718. The molecule has 0 saturated heterocycles. The number of furan rings is 1. The third-order valence-corrected chi connectivity index (χ3v) is 3.41. The molecule has 1 aromatic carbocycles. The van der Waals surface area contributed by atoms with Gasteiger partial charge in [-0.25, -0.2) is 0 Å². The van der Waals surface area contributed by atoms with Gasteiger partial charge in [-0.2, -0.15) is 4.98 Å². The van der Waals surface area contributed by atoms with Gasteiger partial charge in [-0.3, -0.25) is 0 Å². The largest absolute Gasteiger partial charge is 0.497 e. The van der Waals surface area contributed by atoms with Crippen LogP contribution < -0.4 is 4.74 Å². The van der Waals surface area contributed by atoms with E-state index in [-0.39, 0.29) is 6.10 Å². The van der Waals surface area contributed by atoms with Crippen molar-refractivity contribution in [3.8, 4) is 5.75 Å². The second-order valence-electron chi connectivity index (χ2n) is 4.72. The van der Waals surface area contributed by atoms with Gasteiger partial charge >= 0.3 is 0 Å². The normalized spacial score (nSPS) is 12.7. The molecular formula is C15H16N2O4. The predicted molar refractivity (Wildman–Crippen MR) is 75.3 cm³/mol. The molecule has 2 aromatic heterocycles. The number of hydrogen-bond donors (Lipinski definition) is 0. The SMILES string of the molecule is COc1ccc2c(Cc3nc([C@@H](C)OC)no3)coc2c1. The molecule has 1 atom stereocenters. The van der Waals surface area contributed by atoms with Gasteiger partial charge < -0.3 is 18.4 Å². The van der Waals surface area contributed by atoms with Crippen molar-refractivity contribution in [2.45, 2.75) is 19.4 Å². The molecule has 110 valence electrons. The molecular weight excluding hydrogens is 272 g/mol. The number of aromatic nitrogens is 2. The Labute approximate surface area is 121 Å². The van der Waals surface area contributed by atoms with Crippen molar-refractivity contribution in [1.29, 1.82) is 0 Å². The van der Waals surface area contributed by atoms with Crippen LogP contribution in [0.5, 0.6) is 5.75 Å². The molecule has 21 heavy (non-hydrogen) atoms. The van der Waals surface area contributed by atoms with Crippen LogP contribution in [0.2, 0.25) is 0 Å². The highest BCUT2D eigenvalue weighted by Crippen LogP contribution is 2.27. The van der Waals surface area contributed by atoms with E-state index < -0.39 is 0 Å². The van der Waals surface area contributed by atoms with E-state index in [1.54, 1.807) is 20.5 Å². The molecule has 6 nitrogen and oxygen atoms in total. The minimum atomic E-state index is -0.187. The van der Waals surface area contributed by atoms with Crippen molar-refractivity contribution in [3.63, 3.8) is 0 Å². The first kappa shape index (κ1) is 13.6. The van der Waals surface area contributed by atoms with Crippen LogP contribution in [-0.4, -0.2) is 24.4 Å². The highest BCUT2D eigenvalue weighted by molar-refractivity contribution is 5.82. The monoisotopic (exact) mass is 288 g/mol. The van der Waals surface area contributed by atoms with Gasteiger partial charge in [0.2, 0.25) is 5.89 Å². The van der Waals surface area contributed by atoms with Crippen LogP contribution in [0.25, 0.3) is 11.0 Å². The van der Waals surface area contributed by atoms with Crippen molar-refractivity contribution in [1.82, 2.24) is 10.1 Å². The molecule has 0 spiro atoms. The lowest BCUT2D eigenvalue weighted by atomic mass is 10.1. The van der Waals surface area contributed by atoms with Crippen LogP contribution in [0.4, 0.5) is 0 Å². The van der Waals surface area contributed by atoms with Gasteiger partial charge in [-0.1, -0.05) is 5.16 Å². The van der Waals surface area contributed by atoms with Gasteiger partial charge in [0, 0.05) is 24.1 Å². The average Bonchev–Trinajstić information content (AvgIpc) is 3.14. The summed E-state index contributed by atoms with van der Waals surface area (Å²) in [6, 6.07) is 5.71. The molecule has 6 heteroatoms. The zero-order valence-corrected chi connectivity index (χ0v) is 12.1. The number of rotatable bonds is 5. The van der Waals surface area contributed by atoms with Crippen LogP contribution in [0, 0.1) is 0 Å². The second-order valence-corrected chi connectivity index (χ2v) is 4.72. The summed E-state index contributed by atoms with van der Waals surface area (Å²) < 4.78 is 21.1. The number of hydrogen-bond acceptors (Lipinski definition) is 6. The first-order chi connectivity index (χ1) is 10.2. The van der Waals surface area contributed by atoms with E-state index in [1.165, 1.54) is 0 Å². The Balaban J connectivity index is 1.86. The summed E-state index contributed by atoms with van der Waals surface area (Å²) in [5, 5.41) is 4.92. The van der Waals surface area contributed by atoms with E-state index in [4.69, 9.17) is 18.4 Å². The number of nitrogens with zero attached hydrogens (tertiary/aromatic N) is 2. The summed E-state index contributed by atoms with van der Waals surface area (Å²) in [4.78, 5) is 4.33. The van der Waals surface area contributed by atoms with Crippen molar-refractivity contribution in [2.24, 2.45) is 0 Å². The first-order valence-corrected chi connectivity index (χ1v) is 6.60. The van der Waals surface area contributed by atoms with Gasteiger partial charge in [-0.15, -0.1) is 0 Å². The lowest BCUT2D eigenvalue weighted by molar-refractivity contribution is 0.109. The highest BCUT2D eigenvalue weighted by atomic mass is 16.5. The van der Waals surface area contributed by atoms with E-state index in [0.717, 1.165) is 22.3 Å². The van der Waals surface area contributed by atoms with Crippen LogP contribution in [0.1, 0.15) is 30.3 Å². The van der Waals surface area contributed by atoms with Crippen LogP contribution in [-0.2, 0) is 11.2 Å². The second kappa shape index (κ2) is 5.57. The minimum Gasteiger partial charge on any atom is -0.497 e. The van der Waals surface area contributed by atoms with Crippen LogP contribution in [0.15, 0.2) is 33.4 Å². The Morgan fingerprint density at radius 1 is 1.29 bits per heavy atom. The molecule has 0 aliphatic heterocycles. The Bertz CT molecular complexity index is 747. The van der Waals surface area contributed by atoms with Gasteiger partial charge in [-0.05, 0) is 19.1 Å². The topological polar surface area (TPSA) is 70.5 Å². The lowest BCUT2D eigenvalue weighted by Gasteiger charge is -2.00. The Hall–Kier alpha value is -2.34. The van der Waals surface area contributed by atoms with Gasteiger partial charge in [0.25, 0.3) is 0 Å². The highest BCUT2D eigenvalue weighted by Gasteiger charge is 2.15.